The molecule has 10 nitrogen and oxygen atoms in total. The molecule has 1 fully saturated rings. The zero-order valence-electron chi connectivity index (χ0n) is 21.5. The van der Waals surface area contributed by atoms with Crippen LogP contribution in [-0.2, 0) is 14.2 Å². The summed E-state index contributed by atoms with van der Waals surface area (Å²) in [4.78, 5) is 27.6. The molecule has 2 N–H and O–H groups in total. The van der Waals surface area contributed by atoms with Gasteiger partial charge in [0.25, 0.3) is 5.91 Å². The maximum absolute atomic E-state index is 13.4. The summed E-state index contributed by atoms with van der Waals surface area (Å²) in [7, 11) is 3.02. The van der Waals surface area contributed by atoms with Crippen molar-refractivity contribution in [3.8, 4) is 11.5 Å². The molecule has 1 aliphatic rings. The number of methoxy groups -OCH3 is 2. The summed E-state index contributed by atoms with van der Waals surface area (Å²) < 4.78 is 26.9. The number of carbonyl (C=O) groups excluding carboxylic acids is 2. The minimum atomic E-state index is -0.820. The second kappa shape index (κ2) is 12.2. The Morgan fingerprint density at radius 3 is 2.44 bits per heavy atom. The van der Waals surface area contributed by atoms with Crippen LogP contribution in [0.1, 0.15) is 44.0 Å². The quantitative estimate of drug-likeness (QED) is 0.526. The van der Waals surface area contributed by atoms with Crippen molar-refractivity contribution in [2.45, 2.75) is 51.4 Å². The van der Waals surface area contributed by atoms with Crippen molar-refractivity contribution in [3.05, 3.63) is 35.9 Å². The van der Waals surface area contributed by atoms with Gasteiger partial charge in [-0.2, -0.15) is 0 Å². The van der Waals surface area contributed by atoms with E-state index < -0.39 is 29.7 Å². The summed E-state index contributed by atoms with van der Waals surface area (Å²) >= 11 is 0. The fraction of sp³-hybridized carbons (Fsp3) is 0.538. The first-order valence-corrected chi connectivity index (χ1v) is 11.9. The number of hydrogen-bond donors (Lipinski definition) is 2. The molecule has 2 aromatic rings. The molecule has 10 heteroatoms. The van der Waals surface area contributed by atoms with Crippen LogP contribution >= 0.6 is 0 Å². The number of nitrogens with zero attached hydrogens (tertiary/aromatic N) is 1. The molecule has 198 valence electrons. The fourth-order valence-corrected chi connectivity index (χ4v) is 3.97. The van der Waals surface area contributed by atoms with Gasteiger partial charge in [-0.05, 0) is 57.2 Å². The van der Waals surface area contributed by atoms with E-state index in [0.717, 1.165) is 10.8 Å². The molecule has 0 spiro atoms. The molecule has 1 aliphatic heterocycles. The van der Waals surface area contributed by atoms with E-state index in [9.17, 15) is 14.7 Å². The smallest absolute Gasteiger partial charge is 0.410 e. The standard InChI is InChI=1S/C26H36N2O8/c1-26(2,3)36-25(31)28-11-7-9-21(29)20(14-28)27-24(30)19-12-17-8-6-10-22(34-15-32-4)18(17)13-23(19)35-16-33-5/h6,8,10,12-13,20-21,29H,7,9,11,14-16H2,1-5H3,(H,27,30)/t20-,21-/m1/s1. The molecule has 0 bridgehead atoms. The van der Waals surface area contributed by atoms with Gasteiger partial charge >= 0.3 is 6.09 Å². The Kier molecular flexibility index (Phi) is 9.36. The molecule has 2 atom stereocenters. The molecule has 0 aromatic heterocycles. The van der Waals surface area contributed by atoms with E-state index in [1.54, 1.807) is 39.0 Å². The Balaban J connectivity index is 1.87. The maximum atomic E-state index is 13.4. The Morgan fingerprint density at radius 1 is 1.08 bits per heavy atom. The fourth-order valence-electron chi connectivity index (χ4n) is 3.97. The number of nitrogens with one attached hydrogen (secondary N) is 1. The molecule has 0 unspecified atom stereocenters. The van der Waals surface area contributed by atoms with Gasteiger partial charge in [-0.25, -0.2) is 4.79 Å². The summed E-state index contributed by atoms with van der Waals surface area (Å²) in [5.41, 5.74) is -0.380. The van der Waals surface area contributed by atoms with Gasteiger partial charge in [0.15, 0.2) is 13.6 Å². The van der Waals surface area contributed by atoms with E-state index in [1.165, 1.54) is 19.1 Å². The summed E-state index contributed by atoms with van der Waals surface area (Å²) in [5.74, 6) is 0.430. The second-order valence-electron chi connectivity index (χ2n) is 9.64. The first kappa shape index (κ1) is 27.5. The number of aliphatic hydroxyl groups excluding tert-OH is 1. The number of benzene rings is 2. The highest BCUT2D eigenvalue weighted by molar-refractivity contribution is 6.03. The van der Waals surface area contributed by atoms with Crippen LogP contribution in [0.3, 0.4) is 0 Å². The van der Waals surface area contributed by atoms with Crippen molar-refractivity contribution in [3.63, 3.8) is 0 Å². The molecule has 36 heavy (non-hydrogen) atoms. The second-order valence-corrected chi connectivity index (χ2v) is 9.64. The van der Waals surface area contributed by atoms with Gasteiger partial charge in [0.2, 0.25) is 0 Å². The normalized spacial score (nSPS) is 18.4. The van der Waals surface area contributed by atoms with Crippen LogP contribution in [0.15, 0.2) is 30.3 Å². The van der Waals surface area contributed by atoms with Crippen LogP contribution in [0.5, 0.6) is 11.5 Å². The highest BCUT2D eigenvalue weighted by Crippen LogP contribution is 2.33. The zero-order chi connectivity index (χ0) is 26.3. The Hall–Kier alpha value is -3.08. The monoisotopic (exact) mass is 504 g/mol. The summed E-state index contributed by atoms with van der Waals surface area (Å²) in [5, 5.41) is 15.1. The molecule has 2 amide bonds. The van der Waals surface area contributed by atoms with Gasteiger partial charge in [-0.3, -0.25) is 4.79 Å². The Labute approximate surface area is 211 Å². The predicted octanol–water partition coefficient (Wildman–Crippen LogP) is 3.30. The van der Waals surface area contributed by atoms with E-state index in [-0.39, 0.29) is 25.7 Å². The summed E-state index contributed by atoms with van der Waals surface area (Å²) in [6.45, 7) is 5.95. The molecule has 0 radical (unpaired) electrons. The van der Waals surface area contributed by atoms with Crippen molar-refractivity contribution in [1.82, 2.24) is 10.2 Å². The van der Waals surface area contributed by atoms with Crippen LogP contribution in [-0.4, -0.2) is 80.6 Å². The SMILES string of the molecule is COCOc1cc2c(OCOC)cccc2cc1C(=O)N[C@@H]1CN(C(=O)OC(C)(C)C)CCC[C@H]1O. The third kappa shape index (κ3) is 7.22. The molecule has 1 heterocycles. The molecular formula is C26H36N2O8. The number of fused-ring (bicyclic) bond motifs is 1. The van der Waals surface area contributed by atoms with Crippen LogP contribution in [0.2, 0.25) is 0 Å². The largest absolute Gasteiger partial charge is 0.467 e. The van der Waals surface area contributed by atoms with Gasteiger partial charge in [0, 0.05) is 32.7 Å². The molecule has 0 aliphatic carbocycles. The number of carbonyl (C=O) groups is 2. The number of ether oxygens (including phenoxy) is 5. The Morgan fingerprint density at radius 2 is 1.78 bits per heavy atom. The van der Waals surface area contributed by atoms with Crippen LogP contribution in [0, 0.1) is 0 Å². The minimum Gasteiger partial charge on any atom is -0.467 e. The lowest BCUT2D eigenvalue weighted by atomic mass is 10.0. The average molecular weight is 505 g/mol. The van der Waals surface area contributed by atoms with Crippen molar-refractivity contribution in [2.24, 2.45) is 0 Å². The van der Waals surface area contributed by atoms with Gasteiger partial charge in [-0.15, -0.1) is 0 Å². The summed E-state index contributed by atoms with van der Waals surface area (Å²) in [6.07, 6.45) is -0.266. The molecular weight excluding hydrogens is 468 g/mol. The van der Waals surface area contributed by atoms with Crippen molar-refractivity contribution < 1.29 is 38.4 Å². The Bertz CT molecular complexity index is 1050. The topological polar surface area (TPSA) is 116 Å². The van der Waals surface area contributed by atoms with E-state index >= 15 is 0 Å². The predicted molar refractivity (Wildman–Crippen MR) is 133 cm³/mol. The third-order valence-electron chi connectivity index (χ3n) is 5.63. The number of amides is 2. The van der Waals surface area contributed by atoms with Gasteiger partial charge in [0.05, 0.1) is 17.7 Å². The third-order valence-corrected chi connectivity index (χ3v) is 5.63. The zero-order valence-corrected chi connectivity index (χ0v) is 21.5. The van der Waals surface area contributed by atoms with E-state index in [0.29, 0.717) is 30.9 Å². The lowest BCUT2D eigenvalue weighted by molar-refractivity contribution is 0.0222. The van der Waals surface area contributed by atoms with Crippen LogP contribution < -0.4 is 14.8 Å². The van der Waals surface area contributed by atoms with Crippen molar-refractivity contribution in [1.29, 1.82) is 0 Å². The van der Waals surface area contributed by atoms with Gasteiger partial charge < -0.3 is 39.0 Å². The number of hydrogen-bond acceptors (Lipinski definition) is 8. The highest BCUT2D eigenvalue weighted by atomic mass is 16.7. The van der Waals surface area contributed by atoms with Gasteiger partial charge in [-0.1, -0.05) is 12.1 Å². The number of likely N-dealkylation sites (tertiary alicyclic amines) is 1. The minimum absolute atomic E-state index is 0.0641. The highest BCUT2D eigenvalue weighted by Gasteiger charge is 2.32. The van der Waals surface area contributed by atoms with Crippen LogP contribution in [0.4, 0.5) is 4.79 Å². The molecule has 0 saturated carbocycles. The molecule has 1 saturated heterocycles. The average Bonchev–Trinajstić information content (AvgIpc) is 3.01. The van der Waals surface area contributed by atoms with E-state index in [2.05, 4.69) is 5.32 Å². The van der Waals surface area contributed by atoms with E-state index in [1.807, 2.05) is 12.1 Å². The lowest BCUT2D eigenvalue weighted by Gasteiger charge is -2.29. The molecule has 3 rings (SSSR count). The number of aliphatic hydroxyl groups is 1. The summed E-state index contributed by atoms with van der Waals surface area (Å²) in [6, 6.07) is 8.20. The van der Waals surface area contributed by atoms with Gasteiger partial charge in [0.1, 0.15) is 17.1 Å². The van der Waals surface area contributed by atoms with E-state index in [4.69, 9.17) is 23.7 Å². The van der Waals surface area contributed by atoms with Crippen LogP contribution in [0.25, 0.3) is 10.8 Å². The lowest BCUT2D eigenvalue weighted by Crippen LogP contribution is -2.50. The van der Waals surface area contributed by atoms with Crippen molar-refractivity contribution in [2.75, 3.05) is 40.9 Å². The molecule has 2 aromatic carbocycles. The maximum Gasteiger partial charge on any atom is 0.410 e. The first-order chi connectivity index (χ1) is 17.1. The first-order valence-electron chi connectivity index (χ1n) is 11.9. The van der Waals surface area contributed by atoms with Crippen molar-refractivity contribution >= 4 is 22.8 Å². The number of rotatable bonds is 8.